The van der Waals surface area contributed by atoms with Gasteiger partial charge in [-0.1, -0.05) is 31.2 Å². The van der Waals surface area contributed by atoms with E-state index < -0.39 is 0 Å². The van der Waals surface area contributed by atoms with Crippen LogP contribution in [0.3, 0.4) is 0 Å². The number of carbonyl (C=O) groups is 1. The predicted molar refractivity (Wildman–Crippen MR) is 99.3 cm³/mol. The lowest BCUT2D eigenvalue weighted by atomic mass is 9.94. The van der Waals surface area contributed by atoms with Gasteiger partial charge in [-0.2, -0.15) is 0 Å². The van der Waals surface area contributed by atoms with E-state index in [9.17, 15) is 15.0 Å². The van der Waals surface area contributed by atoms with Gasteiger partial charge in [-0.15, -0.1) is 0 Å². The molecule has 0 radical (unpaired) electrons. The monoisotopic (exact) mass is 355 g/mol. The van der Waals surface area contributed by atoms with Crippen LogP contribution in [0.25, 0.3) is 0 Å². The van der Waals surface area contributed by atoms with E-state index in [4.69, 9.17) is 4.74 Å². The normalized spacial score (nSPS) is 19.2. The molecule has 0 saturated carbocycles. The number of hydrogen-bond acceptors (Lipinski definition) is 4. The summed E-state index contributed by atoms with van der Waals surface area (Å²) in [5.74, 6) is 0.813. The molecule has 138 valence electrons. The van der Waals surface area contributed by atoms with Crippen molar-refractivity contribution in [2.24, 2.45) is 0 Å². The van der Waals surface area contributed by atoms with Crippen LogP contribution in [0.5, 0.6) is 11.5 Å². The van der Waals surface area contributed by atoms with Crippen molar-refractivity contribution in [1.29, 1.82) is 0 Å². The van der Waals surface area contributed by atoms with Gasteiger partial charge in [0, 0.05) is 0 Å². The van der Waals surface area contributed by atoms with Gasteiger partial charge in [0.1, 0.15) is 17.6 Å². The van der Waals surface area contributed by atoms with Crippen LogP contribution < -0.4 is 0 Å². The highest BCUT2D eigenvalue weighted by atomic mass is 16.6. The molecule has 1 amide bonds. The van der Waals surface area contributed by atoms with Gasteiger partial charge < -0.3 is 14.9 Å². The Bertz CT molecular complexity index is 742. The fourth-order valence-electron chi connectivity index (χ4n) is 3.35. The van der Waals surface area contributed by atoms with Gasteiger partial charge in [0.15, 0.2) is 0 Å². The highest BCUT2D eigenvalue weighted by Crippen LogP contribution is 2.30. The largest absolute Gasteiger partial charge is 0.508 e. The average molecular weight is 355 g/mol. The first-order chi connectivity index (χ1) is 12.4. The second kappa shape index (κ2) is 7.68. The third-order valence-electron chi connectivity index (χ3n) is 5.13. The Hall–Kier alpha value is -2.69. The van der Waals surface area contributed by atoms with Gasteiger partial charge in [0.05, 0.1) is 12.6 Å². The molecule has 0 bridgehead atoms. The smallest absolute Gasteiger partial charge is 0.410 e. The van der Waals surface area contributed by atoms with E-state index in [1.807, 2.05) is 31.2 Å². The van der Waals surface area contributed by atoms with Crippen LogP contribution in [0, 0.1) is 0 Å². The Kier molecular flexibility index (Phi) is 5.35. The third kappa shape index (κ3) is 4.10. The van der Waals surface area contributed by atoms with Crippen LogP contribution in [-0.4, -0.2) is 33.9 Å². The van der Waals surface area contributed by atoms with Gasteiger partial charge in [-0.25, -0.2) is 4.79 Å². The number of carbonyl (C=O) groups excluding carboxylic acids is 1. The molecule has 0 unspecified atom stereocenters. The molecule has 0 spiro atoms. The molecule has 1 aliphatic rings. The first-order valence-corrected chi connectivity index (χ1v) is 8.99. The van der Waals surface area contributed by atoms with E-state index >= 15 is 0 Å². The number of ether oxygens (including phenoxy) is 1. The third-order valence-corrected chi connectivity index (χ3v) is 5.13. The fraction of sp³-hybridized carbons (Fsp3) is 0.381. The highest BCUT2D eigenvalue weighted by Gasteiger charge is 2.34. The molecule has 2 aromatic rings. The zero-order valence-electron chi connectivity index (χ0n) is 15.1. The fourth-order valence-corrected chi connectivity index (χ4v) is 3.35. The van der Waals surface area contributed by atoms with E-state index in [1.165, 1.54) is 5.56 Å². The molecule has 5 heteroatoms. The van der Waals surface area contributed by atoms with Crippen LogP contribution in [0.2, 0.25) is 0 Å². The topological polar surface area (TPSA) is 70.0 Å². The maximum absolute atomic E-state index is 12.2. The lowest BCUT2D eigenvalue weighted by molar-refractivity contribution is 0.124. The second-order valence-electron chi connectivity index (χ2n) is 7.00. The van der Waals surface area contributed by atoms with Crippen molar-refractivity contribution in [3.63, 3.8) is 0 Å². The Labute approximate surface area is 153 Å². The van der Waals surface area contributed by atoms with Crippen molar-refractivity contribution in [2.45, 2.75) is 44.8 Å². The number of rotatable bonds is 6. The van der Waals surface area contributed by atoms with Crippen molar-refractivity contribution >= 4 is 6.09 Å². The number of phenols is 2. The number of phenolic OH excluding ortho intramolecular Hbond substituents is 2. The number of amides is 1. The summed E-state index contributed by atoms with van der Waals surface area (Å²) >= 11 is 0. The summed E-state index contributed by atoms with van der Waals surface area (Å²) in [5.41, 5.74) is 2.14. The van der Waals surface area contributed by atoms with Crippen LogP contribution in [-0.2, 0) is 4.74 Å². The summed E-state index contributed by atoms with van der Waals surface area (Å²) in [4.78, 5) is 14.0. The maximum atomic E-state index is 12.2. The summed E-state index contributed by atoms with van der Waals surface area (Å²) in [5, 5.41) is 18.8. The van der Waals surface area contributed by atoms with Gasteiger partial charge in [0.2, 0.25) is 0 Å². The van der Waals surface area contributed by atoms with E-state index in [-0.39, 0.29) is 29.7 Å². The molecule has 1 fully saturated rings. The van der Waals surface area contributed by atoms with Gasteiger partial charge in [0.25, 0.3) is 0 Å². The van der Waals surface area contributed by atoms with Crippen molar-refractivity contribution in [3.8, 4) is 11.5 Å². The average Bonchev–Trinajstić information content (AvgIpc) is 3.01. The van der Waals surface area contributed by atoms with E-state index in [2.05, 4.69) is 6.92 Å². The lowest BCUT2D eigenvalue weighted by Gasteiger charge is -2.22. The first-order valence-electron chi connectivity index (χ1n) is 8.99. The zero-order chi connectivity index (χ0) is 18.7. The number of hydrogen-bond donors (Lipinski definition) is 2. The van der Waals surface area contributed by atoms with Gasteiger partial charge in [-0.05, 0) is 61.1 Å². The summed E-state index contributed by atoms with van der Waals surface area (Å²) < 4.78 is 5.54. The van der Waals surface area contributed by atoms with Crippen LogP contribution in [0.15, 0.2) is 48.5 Å². The summed E-state index contributed by atoms with van der Waals surface area (Å²) in [6.45, 7) is 4.68. The molecule has 5 nitrogen and oxygen atoms in total. The minimum atomic E-state index is -0.284. The molecule has 3 atom stereocenters. The van der Waals surface area contributed by atoms with Gasteiger partial charge in [-0.3, -0.25) is 4.90 Å². The quantitative estimate of drug-likeness (QED) is 0.797. The van der Waals surface area contributed by atoms with Crippen molar-refractivity contribution in [3.05, 3.63) is 59.7 Å². The summed E-state index contributed by atoms with van der Waals surface area (Å²) in [6, 6.07) is 14.1. The Morgan fingerprint density at radius 2 is 1.54 bits per heavy atom. The SMILES string of the molecule is C[C@H](CC[C@@H]1CN([C@@H](C)c2ccc(O)cc2)C(=O)O1)c1ccc(O)cc1. The first kappa shape index (κ1) is 18.1. The molecule has 2 N–H and O–H groups in total. The molecule has 2 aromatic carbocycles. The summed E-state index contributed by atoms with van der Waals surface area (Å²) in [6.07, 6.45) is 1.31. The van der Waals surface area contributed by atoms with E-state index in [0.717, 1.165) is 18.4 Å². The van der Waals surface area contributed by atoms with Crippen LogP contribution >= 0.6 is 0 Å². The number of nitrogens with zero attached hydrogens (tertiary/aromatic N) is 1. The van der Waals surface area contributed by atoms with Crippen molar-refractivity contribution in [1.82, 2.24) is 4.90 Å². The Balaban J connectivity index is 1.55. The van der Waals surface area contributed by atoms with Crippen molar-refractivity contribution in [2.75, 3.05) is 6.54 Å². The minimum Gasteiger partial charge on any atom is -0.508 e. The molecular formula is C21H25NO4. The van der Waals surface area contributed by atoms with Crippen LogP contribution in [0.4, 0.5) is 4.79 Å². The van der Waals surface area contributed by atoms with E-state index in [1.54, 1.807) is 29.2 Å². The molecule has 0 aromatic heterocycles. The Morgan fingerprint density at radius 3 is 2.12 bits per heavy atom. The highest BCUT2D eigenvalue weighted by molar-refractivity contribution is 5.70. The molecule has 0 aliphatic carbocycles. The minimum absolute atomic E-state index is 0.0948. The predicted octanol–water partition coefficient (Wildman–Crippen LogP) is 4.56. The number of benzene rings is 2. The molecule has 26 heavy (non-hydrogen) atoms. The maximum Gasteiger partial charge on any atom is 0.410 e. The zero-order valence-corrected chi connectivity index (χ0v) is 15.1. The molecule has 1 aliphatic heterocycles. The van der Waals surface area contributed by atoms with Gasteiger partial charge >= 0.3 is 6.09 Å². The van der Waals surface area contributed by atoms with Crippen molar-refractivity contribution < 1.29 is 19.7 Å². The molecule has 3 rings (SSSR count). The summed E-state index contributed by atoms with van der Waals surface area (Å²) in [7, 11) is 0. The lowest BCUT2D eigenvalue weighted by Crippen LogP contribution is -2.28. The number of cyclic esters (lactones) is 1. The number of aromatic hydroxyl groups is 2. The van der Waals surface area contributed by atoms with Crippen LogP contribution in [0.1, 0.15) is 49.8 Å². The second-order valence-corrected chi connectivity index (χ2v) is 7.00. The standard InChI is InChI=1S/C21H25NO4/c1-14(16-4-8-18(23)9-5-16)3-12-20-13-22(21(25)26-20)15(2)17-6-10-19(24)11-7-17/h4-11,14-15,20,23-24H,3,12-13H2,1-2H3/t14-,15+,20-/m1/s1. The Morgan fingerprint density at radius 1 is 1.00 bits per heavy atom. The molecule has 1 saturated heterocycles. The van der Waals surface area contributed by atoms with E-state index in [0.29, 0.717) is 12.5 Å². The molecular weight excluding hydrogens is 330 g/mol. The molecule has 1 heterocycles.